The predicted octanol–water partition coefficient (Wildman–Crippen LogP) is 5.15. The van der Waals surface area contributed by atoms with Gasteiger partial charge >= 0.3 is 6.18 Å². The van der Waals surface area contributed by atoms with Gasteiger partial charge in [-0.15, -0.1) is 0 Å². The van der Waals surface area contributed by atoms with Crippen molar-refractivity contribution in [3.63, 3.8) is 0 Å². The van der Waals surface area contributed by atoms with E-state index in [2.05, 4.69) is 15.3 Å². The number of aromatic nitrogens is 2. The van der Waals surface area contributed by atoms with Crippen LogP contribution >= 0.6 is 11.8 Å². The third-order valence-corrected chi connectivity index (χ3v) is 6.36. The van der Waals surface area contributed by atoms with E-state index < -0.39 is 17.9 Å². The predicted molar refractivity (Wildman–Crippen MR) is 124 cm³/mol. The van der Waals surface area contributed by atoms with Gasteiger partial charge in [0.1, 0.15) is 5.03 Å². The van der Waals surface area contributed by atoms with Crippen LogP contribution in [-0.4, -0.2) is 33.2 Å². The van der Waals surface area contributed by atoms with Gasteiger partial charge in [0.25, 0.3) is 0 Å². The van der Waals surface area contributed by atoms with Crippen molar-refractivity contribution in [3.8, 4) is 0 Å². The molecule has 0 radical (unpaired) electrons. The van der Waals surface area contributed by atoms with E-state index in [0.717, 1.165) is 11.8 Å². The molecule has 1 aliphatic rings. The van der Waals surface area contributed by atoms with Crippen LogP contribution in [0.25, 0.3) is 10.9 Å². The maximum Gasteiger partial charge on any atom is 0.451 e. The lowest BCUT2D eigenvalue weighted by molar-refractivity contribution is -0.145. The average Bonchev–Trinajstić information content (AvgIpc) is 2.85. The van der Waals surface area contributed by atoms with E-state index in [0.29, 0.717) is 22.2 Å². The summed E-state index contributed by atoms with van der Waals surface area (Å²) in [5, 5.41) is 3.05. The Kier molecular flexibility index (Phi) is 5.60. The van der Waals surface area contributed by atoms with E-state index in [1.54, 1.807) is 42.5 Å². The fourth-order valence-electron chi connectivity index (χ4n) is 3.79. The van der Waals surface area contributed by atoms with Crippen molar-refractivity contribution in [2.24, 2.45) is 0 Å². The largest absolute Gasteiger partial charge is 0.451 e. The molecule has 1 heterocycles. The number of halogens is 3. The number of alkyl halides is 3. The molecule has 35 heavy (non-hydrogen) atoms. The number of nitrogens with zero attached hydrogens (tertiary/aromatic N) is 2. The van der Waals surface area contributed by atoms with Crippen LogP contribution in [0, 0.1) is 0 Å². The normalized spacial score (nSPS) is 12.9. The minimum atomic E-state index is -4.73. The number of nitrogens with one attached hydrogen (secondary N) is 1. The smallest absolute Gasteiger partial charge is 0.325 e. The third-order valence-electron chi connectivity index (χ3n) is 5.37. The maximum atomic E-state index is 13.2. The van der Waals surface area contributed by atoms with Crippen LogP contribution in [0.1, 0.15) is 37.7 Å². The van der Waals surface area contributed by atoms with Gasteiger partial charge in [-0.2, -0.15) is 13.2 Å². The molecule has 0 bridgehead atoms. The van der Waals surface area contributed by atoms with Crippen molar-refractivity contribution < 1.29 is 27.6 Å². The van der Waals surface area contributed by atoms with Gasteiger partial charge in [0, 0.05) is 33.3 Å². The first-order chi connectivity index (χ1) is 16.7. The number of ketones is 2. The molecule has 0 saturated heterocycles. The van der Waals surface area contributed by atoms with Crippen molar-refractivity contribution in [3.05, 3.63) is 94.8 Å². The van der Waals surface area contributed by atoms with E-state index in [4.69, 9.17) is 0 Å². The Hall–Kier alpha value is -4.05. The Morgan fingerprint density at radius 3 is 2.17 bits per heavy atom. The summed E-state index contributed by atoms with van der Waals surface area (Å²) in [7, 11) is 0. The zero-order valence-corrected chi connectivity index (χ0v) is 18.5. The molecule has 1 aromatic heterocycles. The summed E-state index contributed by atoms with van der Waals surface area (Å²) >= 11 is 0.844. The monoisotopic (exact) mass is 493 g/mol. The second-order valence-electron chi connectivity index (χ2n) is 7.67. The number of benzene rings is 3. The number of hydrogen-bond acceptors (Lipinski definition) is 6. The molecule has 1 aliphatic carbocycles. The van der Waals surface area contributed by atoms with Crippen LogP contribution in [0.2, 0.25) is 0 Å². The molecule has 3 aromatic carbocycles. The molecule has 10 heteroatoms. The highest BCUT2D eigenvalue weighted by Gasteiger charge is 2.35. The number of amides is 1. The highest BCUT2D eigenvalue weighted by atomic mass is 32.2. The van der Waals surface area contributed by atoms with Gasteiger partial charge in [-0.05, 0) is 24.3 Å². The molecule has 1 N–H and O–H groups in total. The zero-order chi connectivity index (χ0) is 24.7. The molecule has 0 aliphatic heterocycles. The molecule has 0 saturated carbocycles. The number of para-hydroxylation sites is 1. The van der Waals surface area contributed by atoms with Crippen molar-refractivity contribution in [1.82, 2.24) is 9.97 Å². The van der Waals surface area contributed by atoms with E-state index >= 15 is 0 Å². The topological polar surface area (TPSA) is 89.0 Å². The molecule has 0 fully saturated rings. The highest BCUT2D eigenvalue weighted by molar-refractivity contribution is 8.00. The molecule has 0 unspecified atom stereocenters. The molecule has 0 spiro atoms. The first-order valence-electron chi connectivity index (χ1n) is 10.3. The van der Waals surface area contributed by atoms with E-state index in [-0.39, 0.29) is 39.0 Å². The maximum absolute atomic E-state index is 13.2. The van der Waals surface area contributed by atoms with Crippen molar-refractivity contribution in [1.29, 1.82) is 0 Å². The third kappa shape index (κ3) is 4.28. The highest BCUT2D eigenvalue weighted by Crippen LogP contribution is 2.32. The van der Waals surface area contributed by atoms with Crippen LogP contribution in [-0.2, 0) is 11.0 Å². The van der Waals surface area contributed by atoms with E-state index in [9.17, 15) is 27.6 Å². The minimum absolute atomic E-state index is 0.0286. The fourth-order valence-corrected chi connectivity index (χ4v) is 4.61. The number of rotatable bonds is 4. The zero-order valence-electron chi connectivity index (χ0n) is 17.7. The quantitative estimate of drug-likeness (QED) is 0.275. The Labute approximate surface area is 200 Å². The summed E-state index contributed by atoms with van der Waals surface area (Å²) in [5.41, 5.74) is 1.45. The summed E-state index contributed by atoms with van der Waals surface area (Å²) in [6, 6.07) is 17.1. The lowest BCUT2D eigenvalue weighted by atomic mass is 9.84. The molecule has 4 aromatic rings. The summed E-state index contributed by atoms with van der Waals surface area (Å²) < 4.78 is 39.6. The first-order valence-corrected chi connectivity index (χ1v) is 11.3. The van der Waals surface area contributed by atoms with Gasteiger partial charge in [0.05, 0.1) is 11.3 Å². The van der Waals surface area contributed by atoms with E-state index in [1.807, 2.05) is 0 Å². The van der Waals surface area contributed by atoms with Gasteiger partial charge in [-0.1, -0.05) is 54.2 Å². The van der Waals surface area contributed by atoms with Crippen molar-refractivity contribution in [2.45, 2.75) is 11.2 Å². The van der Waals surface area contributed by atoms with Crippen molar-refractivity contribution >= 4 is 45.8 Å². The van der Waals surface area contributed by atoms with Crippen LogP contribution in [0.5, 0.6) is 0 Å². The summed E-state index contributed by atoms with van der Waals surface area (Å²) in [5.74, 6) is -2.63. The van der Waals surface area contributed by atoms with Crippen molar-refractivity contribution in [2.75, 3.05) is 11.1 Å². The number of carbonyl (C=O) groups excluding carboxylic acids is 3. The number of carbonyl (C=O) groups is 3. The van der Waals surface area contributed by atoms with Gasteiger partial charge in [0.15, 0.2) is 11.6 Å². The SMILES string of the molecule is O=C(CSc1nc(C(F)(F)F)nc2ccccc12)Nc1ccc2c(c1)C(=O)c1ccccc1C2=O. The van der Waals surface area contributed by atoms with E-state index in [1.165, 1.54) is 24.3 Å². The summed E-state index contributed by atoms with van der Waals surface area (Å²) in [4.78, 5) is 45.3. The van der Waals surface area contributed by atoms with Gasteiger partial charge in [-0.3, -0.25) is 14.4 Å². The van der Waals surface area contributed by atoms with Crippen LogP contribution in [0.3, 0.4) is 0 Å². The van der Waals surface area contributed by atoms with Gasteiger partial charge in [0.2, 0.25) is 11.7 Å². The minimum Gasteiger partial charge on any atom is -0.325 e. The van der Waals surface area contributed by atoms with Gasteiger partial charge in [-0.25, -0.2) is 9.97 Å². The Morgan fingerprint density at radius 2 is 1.46 bits per heavy atom. The Balaban J connectivity index is 1.35. The summed E-state index contributed by atoms with van der Waals surface area (Å²) in [6.45, 7) is 0. The molecular formula is C25H14F3N3O3S. The lowest BCUT2D eigenvalue weighted by Crippen LogP contribution is -2.21. The second kappa shape index (κ2) is 8.62. The fraction of sp³-hybridized carbons (Fsp3) is 0.0800. The first kappa shape index (κ1) is 22.7. The molecule has 174 valence electrons. The number of hydrogen-bond donors (Lipinski definition) is 1. The molecule has 5 rings (SSSR count). The second-order valence-corrected chi connectivity index (χ2v) is 8.63. The van der Waals surface area contributed by atoms with Crippen LogP contribution < -0.4 is 5.32 Å². The Morgan fingerprint density at radius 1 is 0.829 bits per heavy atom. The number of fused-ring (bicyclic) bond motifs is 3. The summed E-state index contributed by atoms with van der Waals surface area (Å²) in [6.07, 6.45) is -4.73. The number of thioether (sulfide) groups is 1. The lowest BCUT2D eigenvalue weighted by Gasteiger charge is -2.18. The average molecular weight is 493 g/mol. The van der Waals surface area contributed by atoms with Gasteiger partial charge < -0.3 is 5.32 Å². The molecule has 0 atom stereocenters. The van der Waals surface area contributed by atoms with Crippen LogP contribution in [0.4, 0.5) is 18.9 Å². The number of anilines is 1. The molecule has 1 amide bonds. The molecular weight excluding hydrogens is 479 g/mol. The van der Waals surface area contributed by atoms with Crippen LogP contribution in [0.15, 0.2) is 71.8 Å². The molecule has 6 nitrogen and oxygen atoms in total. The Bertz CT molecular complexity index is 1540. The standard InChI is InChI=1S/C25H14F3N3O3S/c26-25(27,28)24-30-19-8-4-3-7-17(19)23(31-24)35-12-20(32)29-13-9-10-16-18(11-13)22(34)15-6-2-1-5-14(15)21(16)33/h1-11H,12H2,(H,29,32).